The number of aliphatic carboxylic acids is 1. The molecule has 0 aliphatic heterocycles. The average Bonchev–Trinajstić information content (AvgIpc) is 2.85. The zero-order valence-electron chi connectivity index (χ0n) is 18.4. The topological polar surface area (TPSA) is 146 Å². The maximum Gasteiger partial charge on any atom is 2.00 e. The van der Waals surface area contributed by atoms with E-state index < -0.39 is 11.9 Å². The number of aromatic nitrogens is 2. The first-order valence-electron chi connectivity index (χ1n) is 9.29. The van der Waals surface area contributed by atoms with Gasteiger partial charge in [-0.3, -0.25) is 9.97 Å². The van der Waals surface area contributed by atoms with Gasteiger partial charge in [-0.2, -0.15) is 10.2 Å². The molecule has 0 saturated heterocycles. The van der Waals surface area contributed by atoms with Crippen molar-refractivity contribution in [1.29, 1.82) is 0 Å². The van der Waals surface area contributed by atoms with Crippen molar-refractivity contribution in [2.24, 2.45) is 15.4 Å². The monoisotopic (exact) mass is 493 g/mol. The summed E-state index contributed by atoms with van der Waals surface area (Å²) in [6, 6.07) is 20.1. The molecule has 33 heavy (non-hydrogen) atoms. The molecule has 0 spiro atoms. The molecule has 176 valence electrons. The van der Waals surface area contributed by atoms with Gasteiger partial charge in [-0.15, -0.1) is 0 Å². The van der Waals surface area contributed by atoms with E-state index in [0.29, 0.717) is 17.0 Å². The molecule has 1 aromatic carbocycles. The van der Waals surface area contributed by atoms with Crippen molar-refractivity contribution in [1.82, 2.24) is 9.97 Å². The second kappa shape index (κ2) is 21.3. The first kappa shape index (κ1) is 31.3. The quantitative estimate of drug-likeness (QED) is 0.194. The molecule has 0 unspecified atom stereocenters. The van der Waals surface area contributed by atoms with Gasteiger partial charge in [0.1, 0.15) is 0 Å². The van der Waals surface area contributed by atoms with Crippen molar-refractivity contribution in [3.63, 3.8) is 0 Å². The second-order valence-electron chi connectivity index (χ2n) is 5.68. The Hall–Kier alpha value is -3.91. The van der Waals surface area contributed by atoms with Crippen molar-refractivity contribution < 1.29 is 36.7 Å². The van der Waals surface area contributed by atoms with Crippen LogP contribution in [-0.4, -0.2) is 38.5 Å². The number of hydrogen-bond donors (Lipinski definition) is 1. The van der Waals surface area contributed by atoms with E-state index in [1.54, 1.807) is 62.9 Å². The minimum atomic E-state index is -1.08. The van der Waals surface area contributed by atoms with E-state index in [2.05, 4.69) is 25.3 Å². The summed E-state index contributed by atoms with van der Waals surface area (Å²) in [4.78, 5) is 16.5. The maximum atomic E-state index is 11.5. The Labute approximate surface area is 203 Å². The standard InChI is InChI=1S/C11H13N3O2.2C5H5N.C2H4O2.Ni/c1-8(9(2)14-16)12-13-11(15)10-6-4-3-5-7-10;2*1-2-4-6-5-3-1;1-2(3)4;/h3-7,16H,1-2H3,(H,13,15);2*1-5H;1H3,(H,3,4);/q;;;;+2/p-2/b12-8+,14-9+;;;;. The molecule has 0 fully saturated rings. The van der Waals surface area contributed by atoms with Gasteiger partial charge in [-0.1, -0.05) is 47.6 Å². The number of carboxylic acid groups (broad SMARTS) is 1. The SMILES string of the molecule is CC(=N\O)/C(C)=N/N=C(\[O-])c1ccccc1.CC(=O)[O-].[Ni+2].c1ccncc1.c1ccncc1. The van der Waals surface area contributed by atoms with Crippen LogP contribution in [0.5, 0.6) is 0 Å². The second-order valence-corrected chi connectivity index (χ2v) is 5.68. The summed E-state index contributed by atoms with van der Waals surface area (Å²) in [6.07, 6.45) is 7.00. The largest absolute Gasteiger partial charge is 2.00 e. The Morgan fingerprint density at radius 3 is 1.42 bits per heavy atom. The van der Waals surface area contributed by atoms with Gasteiger partial charge in [-0.05, 0) is 50.6 Å². The van der Waals surface area contributed by atoms with E-state index in [1.165, 1.54) is 0 Å². The van der Waals surface area contributed by atoms with Gasteiger partial charge in [-0.25, -0.2) is 0 Å². The molecule has 2 aromatic heterocycles. The fraction of sp³-hybridized carbons (Fsp3) is 0.130. The maximum absolute atomic E-state index is 11.5. The molecule has 0 atom stereocenters. The normalized spacial score (nSPS) is 10.5. The van der Waals surface area contributed by atoms with Crippen molar-refractivity contribution >= 4 is 23.3 Å². The van der Waals surface area contributed by atoms with Crippen molar-refractivity contribution in [3.8, 4) is 0 Å². The number of hydrogen-bond acceptors (Lipinski definition) is 9. The molecule has 3 rings (SSSR count). The molecule has 9 nitrogen and oxygen atoms in total. The molecular formula is C23H25N5NiO4. The molecule has 0 aliphatic rings. The fourth-order valence-electron chi connectivity index (χ4n) is 1.53. The summed E-state index contributed by atoms with van der Waals surface area (Å²) in [7, 11) is 0. The molecule has 10 heteroatoms. The van der Waals surface area contributed by atoms with Gasteiger partial charge < -0.3 is 20.2 Å². The Balaban J connectivity index is 0. The summed E-state index contributed by atoms with van der Waals surface area (Å²) in [6.45, 7) is 4.15. The Kier molecular flexibility index (Phi) is 20.2. The minimum Gasteiger partial charge on any atom is -0.857 e. The molecule has 0 bridgehead atoms. The molecule has 0 aliphatic carbocycles. The van der Waals surface area contributed by atoms with Crippen LogP contribution in [0, 0.1) is 0 Å². The van der Waals surface area contributed by atoms with Gasteiger partial charge >= 0.3 is 16.5 Å². The Morgan fingerprint density at radius 1 is 0.727 bits per heavy atom. The molecular weight excluding hydrogens is 469 g/mol. The van der Waals surface area contributed by atoms with Crippen LogP contribution >= 0.6 is 0 Å². The van der Waals surface area contributed by atoms with Crippen molar-refractivity contribution in [2.75, 3.05) is 0 Å². The molecule has 0 radical (unpaired) electrons. The number of carbonyl (C=O) groups is 1. The zero-order valence-corrected chi connectivity index (χ0v) is 19.4. The Bertz CT molecular complexity index is 865. The van der Waals surface area contributed by atoms with Crippen molar-refractivity contribution in [2.45, 2.75) is 20.8 Å². The third-order valence-electron chi connectivity index (χ3n) is 3.12. The smallest absolute Gasteiger partial charge is 0.857 e. The van der Waals surface area contributed by atoms with E-state index in [4.69, 9.17) is 15.1 Å². The van der Waals surface area contributed by atoms with Gasteiger partial charge in [0.15, 0.2) is 0 Å². The molecule has 1 N–H and O–H groups in total. The van der Waals surface area contributed by atoms with Gasteiger partial charge in [0, 0.05) is 36.7 Å². The fourth-order valence-corrected chi connectivity index (χ4v) is 1.53. The van der Waals surface area contributed by atoms with Gasteiger partial charge in [0.25, 0.3) is 0 Å². The number of nitrogens with zero attached hydrogens (tertiary/aromatic N) is 5. The summed E-state index contributed by atoms with van der Waals surface area (Å²) in [5.74, 6) is -1.51. The van der Waals surface area contributed by atoms with Crippen LogP contribution in [0.2, 0.25) is 0 Å². The predicted molar refractivity (Wildman–Crippen MR) is 120 cm³/mol. The van der Waals surface area contributed by atoms with Crippen LogP contribution in [0.4, 0.5) is 0 Å². The number of carboxylic acids is 1. The first-order chi connectivity index (χ1) is 15.4. The first-order valence-corrected chi connectivity index (χ1v) is 9.29. The summed E-state index contributed by atoms with van der Waals surface area (Å²) in [5.41, 5.74) is 1.19. The molecule has 3 aromatic rings. The van der Waals surface area contributed by atoms with E-state index in [9.17, 15) is 5.11 Å². The van der Waals surface area contributed by atoms with Crippen LogP contribution < -0.4 is 10.2 Å². The van der Waals surface area contributed by atoms with Crippen LogP contribution in [0.1, 0.15) is 26.3 Å². The average molecular weight is 494 g/mol. The third-order valence-corrected chi connectivity index (χ3v) is 3.12. The number of carbonyl (C=O) groups excluding carboxylic acids is 1. The number of benzene rings is 1. The predicted octanol–water partition coefficient (Wildman–Crippen LogP) is 1.94. The molecule has 2 heterocycles. The zero-order chi connectivity index (χ0) is 24.0. The van der Waals surface area contributed by atoms with Gasteiger partial charge in [0.05, 0.1) is 11.4 Å². The third kappa shape index (κ3) is 19.8. The molecule has 0 amide bonds. The summed E-state index contributed by atoms with van der Waals surface area (Å²) in [5, 5.41) is 39.0. The summed E-state index contributed by atoms with van der Waals surface area (Å²) >= 11 is 0. The number of oxime groups is 1. The number of pyridine rings is 2. The minimum absolute atomic E-state index is 0. The van der Waals surface area contributed by atoms with Crippen LogP contribution in [0.25, 0.3) is 0 Å². The van der Waals surface area contributed by atoms with Gasteiger partial charge in [0.2, 0.25) is 0 Å². The van der Waals surface area contributed by atoms with E-state index >= 15 is 0 Å². The van der Waals surface area contributed by atoms with E-state index in [0.717, 1.165) is 6.92 Å². The molecule has 0 saturated carbocycles. The van der Waals surface area contributed by atoms with Crippen LogP contribution in [0.15, 0.2) is 107 Å². The number of rotatable bonds is 3. The Morgan fingerprint density at radius 2 is 1.12 bits per heavy atom. The van der Waals surface area contributed by atoms with Crippen LogP contribution in [-0.2, 0) is 21.3 Å². The summed E-state index contributed by atoms with van der Waals surface area (Å²) < 4.78 is 0. The van der Waals surface area contributed by atoms with E-state index in [-0.39, 0.29) is 16.5 Å². The van der Waals surface area contributed by atoms with E-state index in [1.807, 2.05) is 42.5 Å². The van der Waals surface area contributed by atoms with Crippen molar-refractivity contribution in [3.05, 3.63) is 97.1 Å². The van der Waals surface area contributed by atoms with Crippen LogP contribution in [0.3, 0.4) is 0 Å².